The van der Waals surface area contributed by atoms with Crippen LogP contribution in [0.4, 0.5) is 0 Å². The van der Waals surface area contributed by atoms with Crippen LogP contribution < -0.4 is 0 Å². The first-order valence-corrected chi connectivity index (χ1v) is 5.34. The minimum Gasteiger partial charge on any atom is -0.508 e. The molecule has 15 heavy (non-hydrogen) atoms. The van der Waals surface area contributed by atoms with E-state index in [1.54, 1.807) is 12.1 Å². The molecule has 0 aromatic heterocycles. The van der Waals surface area contributed by atoms with Crippen LogP contribution in [0, 0.1) is 0 Å². The Kier molecular flexibility index (Phi) is 2.93. The lowest BCUT2D eigenvalue weighted by molar-refractivity contribution is -0.277. The molecule has 1 aromatic rings. The molecule has 1 saturated heterocycles. The van der Waals surface area contributed by atoms with E-state index in [4.69, 9.17) is 9.47 Å². The minimum absolute atomic E-state index is 0.265. The van der Waals surface area contributed by atoms with Crippen LogP contribution in [0.3, 0.4) is 0 Å². The van der Waals surface area contributed by atoms with Gasteiger partial charge in [0.1, 0.15) is 5.75 Å². The van der Waals surface area contributed by atoms with E-state index < -0.39 is 5.79 Å². The molecule has 3 heteroatoms. The van der Waals surface area contributed by atoms with E-state index in [-0.39, 0.29) is 5.75 Å². The summed E-state index contributed by atoms with van der Waals surface area (Å²) in [5.41, 5.74) is 0.975. The Bertz CT molecular complexity index is 312. The molecule has 82 valence electrons. The quantitative estimate of drug-likeness (QED) is 0.811. The highest BCUT2D eigenvalue weighted by Gasteiger charge is 2.34. The number of benzene rings is 1. The van der Waals surface area contributed by atoms with Crippen molar-refractivity contribution in [1.82, 2.24) is 0 Å². The zero-order chi connectivity index (χ0) is 10.7. The number of phenols is 1. The summed E-state index contributed by atoms with van der Waals surface area (Å²) in [7, 11) is 0. The molecule has 1 aliphatic rings. The van der Waals surface area contributed by atoms with Crippen LogP contribution in [0.1, 0.15) is 25.3 Å². The zero-order valence-electron chi connectivity index (χ0n) is 8.90. The molecule has 0 atom stereocenters. The Balaban J connectivity index is 2.28. The van der Waals surface area contributed by atoms with E-state index >= 15 is 0 Å². The number of aromatic hydroxyl groups is 1. The standard InChI is InChI=1S/C12H16O3/c1-2-12(14-8-3-9-15-12)10-4-6-11(13)7-5-10/h4-7,13H,2-3,8-9H2,1H3. The molecule has 0 amide bonds. The molecular weight excluding hydrogens is 192 g/mol. The van der Waals surface area contributed by atoms with Gasteiger partial charge in [-0.25, -0.2) is 0 Å². The summed E-state index contributed by atoms with van der Waals surface area (Å²) in [6.45, 7) is 3.50. The fourth-order valence-electron chi connectivity index (χ4n) is 1.86. The summed E-state index contributed by atoms with van der Waals surface area (Å²) in [5.74, 6) is -0.341. The smallest absolute Gasteiger partial charge is 0.194 e. The number of hydrogen-bond donors (Lipinski definition) is 1. The molecule has 0 radical (unpaired) electrons. The summed E-state index contributed by atoms with van der Waals surface area (Å²) in [6, 6.07) is 7.02. The molecule has 3 nitrogen and oxygen atoms in total. The lowest BCUT2D eigenvalue weighted by atomic mass is 10.0. The molecular formula is C12H16O3. The van der Waals surface area contributed by atoms with Gasteiger partial charge in [-0.2, -0.15) is 0 Å². The van der Waals surface area contributed by atoms with Crippen LogP contribution in [0.15, 0.2) is 24.3 Å². The van der Waals surface area contributed by atoms with Crippen molar-refractivity contribution in [2.75, 3.05) is 13.2 Å². The molecule has 0 spiro atoms. The van der Waals surface area contributed by atoms with Crippen molar-refractivity contribution in [3.63, 3.8) is 0 Å². The fraction of sp³-hybridized carbons (Fsp3) is 0.500. The van der Waals surface area contributed by atoms with Crippen molar-refractivity contribution in [3.05, 3.63) is 29.8 Å². The predicted molar refractivity (Wildman–Crippen MR) is 56.6 cm³/mol. The molecule has 0 aliphatic carbocycles. The topological polar surface area (TPSA) is 38.7 Å². The van der Waals surface area contributed by atoms with Crippen LogP contribution in [0.5, 0.6) is 5.75 Å². The molecule has 0 saturated carbocycles. The van der Waals surface area contributed by atoms with Crippen LogP contribution in [0.2, 0.25) is 0 Å². The van der Waals surface area contributed by atoms with Crippen molar-refractivity contribution < 1.29 is 14.6 Å². The molecule has 1 fully saturated rings. The van der Waals surface area contributed by atoms with E-state index in [1.807, 2.05) is 19.1 Å². The van der Waals surface area contributed by atoms with Crippen molar-refractivity contribution in [1.29, 1.82) is 0 Å². The van der Waals surface area contributed by atoms with Gasteiger partial charge in [-0.3, -0.25) is 0 Å². The first-order valence-electron chi connectivity index (χ1n) is 5.34. The highest BCUT2D eigenvalue weighted by atomic mass is 16.7. The number of rotatable bonds is 2. The van der Waals surface area contributed by atoms with Gasteiger partial charge in [0.25, 0.3) is 0 Å². The third kappa shape index (κ3) is 1.98. The second-order valence-corrected chi connectivity index (χ2v) is 3.70. The van der Waals surface area contributed by atoms with E-state index in [1.165, 1.54) is 0 Å². The summed E-state index contributed by atoms with van der Waals surface area (Å²) in [6.07, 6.45) is 1.72. The monoisotopic (exact) mass is 208 g/mol. The predicted octanol–water partition coefficient (Wildman–Crippen LogP) is 2.39. The summed E-state index contributed by atoms with van der Waals surface area (Å²) in [4.78, 5) is 0. The van der Waals surface area contributed by atoms with Crippen LogP contribution >= 0.6 is 0 Å². The van der Waals surface area contributed by atoms with Gasteiger partial charge in [0.05, 0.1) is 13.2 Å². The van der Waals surface area contributed by atoms with Gasteiger partial charge in [0.15, 0.2) is 5.79 Å². The third-order valence-electron chi connectivity index (χ3n) is 2.73. The second-order valence-electron chi connectivity index (χ2n) is 3.70. The van der Waals surface area contributed by atoms with Gasteiger partial charge in [0, 0.05) is 12.0 Å². The van der Waals surface area contributed by atoms with E-state index in [2.05, 4.69) is 0 Å². The maximum absolute atomic E-state index is 9.23. The maximum atomic E-state index is 9.23. The Morgan fingerprint density at radius 1 is 1.20 bits per heavy atom. The van der Waals surface area contributed by atoms with Crippen LogP contribution in [0.25, 0.3) is 0 Å². The highest BCUT2D eigenvalue weighted by Crippen LogP contribution is 2.34. The third-order valence-corrected chi connectivity index (χ3v) is 2.73. The van der Waals surface area contributed by atoms with Crippen molar-refractivity contribution in [3.8, 4) is 5.75 Å². The Hall–Kier alpha value is -1.06. The lowest BCUT2D eigenvalue weighted by Gasteiger charge is -2.36. The van der Waals surface area contributed by atoms with Crippen molar-refractivity contribution in [2.24, 2.45) is 0 Å². The molecule has 1 heterocycles. The maximum Gasteiger partial charge on any atom is 0.194 e. The molecule has 2 rings (SSSR count). The van der Waals surface area contributed by atoms with Gasteiger partial charge in [-0.1, -0.05) is 6.92 Å². The SMILES string of the molecule is CCC1(c2ccc(O)cc2)OCCCO1. The average molecular weight is 208 g/mol. The summed E-state index contributed by atoms with van der Waals surface area (Å²) >= 11 is 0. The first kappa shape index (κ1) is 10.5. The number of ether oxygens (including phenoxy) is 2. The van der Waals surface area contributed by atoms with Crippen LogP contribution in [-0.4, -0.2) is 18.3 Å². The summed E-state index contributed by atoms with van der Waals surface area (Å²) < 4.78 is 11.5. The second kappa shape index (κ2) is 4.21. The minimum atomic E-state index is -0.605. The Morgan fingerprint density at radius 2 is 1.80 bits per heavy atom. The fourth-order valence-corrected chi connectivity index (χ4v) is 1.86. The molecule has 0 unspecified atom stereocenters. The molecule has 0 bridgehead atoms. The number of hydrogen-bond acceptors (Lipinski definition) is 3. The first-order chi connectivity index (χ1) is 7.27. The van der Waals surface area contributed by atoms with Crippen LogP contribution in [-0.2, 0) is 15.3 Å². The average Bonchev–Trinajstić information content (AvgIpc) is 2.31. The van der Waals surface area contributed by atoms with Gasteiger partial charge >= 0.3 is 0 Å². The zero-order valence-corrected chi connectivity index (χ0v) is 8.90. The van der Waals surface area contributed by atoms with Gasteiger partial charge in [-0.05, 0) is 30.7 Å². The molecule has 1 N–H and O–H groups in total. The Labute approximate surface area is 89.6 Å². The molecule has 1 aromatic carbocycles. The largest absolute Gasteiger partial charge is 0.508 e. The highest BCUT2D eigenvalue weighted by molar-refractivity contribution is 5.29. The van der Waals surface area contributed by atoms with E-state index in [9.17, 15) is 5.11 Å². The van der Waals surface area contributed by atoms with Gasteiger partial charge in [0.2, 0.25) is 0 Å². The lowest BCUT2D eigenvalue weighted by Crippen LogP contribution is -2.37. The van der Waals surface area contributed by atoms with E-state index in [0.717, 1.165) is 31.6 Å². The van der Waals surface area contributed by atoms with E-state index in [0.29, 0.717) is 0 Å². The Morgan fingerprint density at radius 3 is 2.33 bits per heavy atom. The normalized spacial score (nSPS) is 20.1. The number of phenolic OH excluding ortho intramolecular Hbond substituents is 1. The van der Waals surface area contributed by atoms with Gasteiger partial charge < -0.3 is 14.6 Å². The van der Waals surface area contributed by atoms with Crippen molar-refractivity contribution >= 4 is 0 Å². The summed E-state index contributed by atoms with van der Waals surface area (Å²) in [5, 5.41) is 9.23. The van der Waals surface area contributed by atoms with Crippen molar-refractivity contribution in [2.45, 2.75) is 25.6 Å². The molecule has 1 aliphatic heterocycles. The van der Waals surface area contributed by atoms with Gasteiger partial charge in [-0.15, -0.1) is 0 Å².